The number of thiocarbonyl (C=S) groups is 1. The number of H-pyrrole nitrogens is 1. The molecule has 1 aromatic heterocycles. The first kappa shape index (κ1) is 12.7. The molecule has 100 valence electrons. The van der Waals surface area contributed by atoms with Gasteiger partial charge in [-0.05, 0) is 47.6 Å². The highest BCUT2D eigenvalue weighted by molar-refractivity contribution is 7.80. The van der Waals surface area contributed by atoms with Crippen LogP contribution in [-0.2, 0) is 0 Å². The van der Waals surface area contributed by atoms with E-state index in [1.165, 1.54) is 16.5 Å². The van der Waals surface area contributed by atoms with Crippen LogP contribution >= 0.6 is 12.2 Å². The van der Waals surface area contributed by atoms with Gasteiger partial charge in [0.25, 0.3) is 0 Å². The minimum absolute atomic E-state index is 0.613. The summed E-state index contributed by atoms with van der Waals surface area (Å²) in [5.41, 5.74) is 4.50. The average Bonchev–Trinajstić information content (AvgIpc) is 2.95. The molecule has 1 heterocycles. The molecule has 20 heavy (non-hydrogen) atoms. The fourth-order valence-corrected chi connectivity index (χ4v) is 2.41. The van der Waals surface area contributed by atoms with Crippen LogP contribution in [0.3, 0.4) is 0 Å². The number of aromatic nitrogens is 1. The molecule has 0 aliphatic rings. The SMILES string of the molecule is CNC(=S)Nc1cccc(-c2cccc3[nH]ccc23)c1. The van der Waals surface area contributed by atoms with Crippen molar-refractivity contribution in [3.8, 4) is 11.1 Å². The van der Waals surface area contributed by atoms with Gasteiger partial charge in [0.15, 0.2) is 5.11 Å². The largest absolute Gasteiger partial charge is 0.366 e. The van der Waals surface area contributed by atoms with Crippen molar-refractivity contribution in [1.29, 1.82) is 0 Å². The average molecular weight is 281 g/mol. The zero-order chi connectivity index (χ0) is 13.9. The summed E-state index contributed by atoms with van der Waals surface area (Å²) in [4.78, 5) is 3.24. The lowest BCUT2D eigenvalue weighted by Crippen LogP contribution is -2.24. The highest BCUT2D eigenvalue weighted by Gasteiger charge is 2.05. The second-order valence-electron chi connectivity index (χ2n) is 4.53. The maximum absolute atomic E-state index is 5.13. The predicted molar refractivity (Wildman–Crippen MR) is 89.0 cm³/mol. The lowest BCUT2D eigenvalue weighted by Gasteiger charge is -2.09. The Morgan fingerprint density at radius 3 is 2.80 bits per heavy atom. The topological polar surface area (TPSA) is 39.8 Å². The number of benzene rings is 2. The number of hydrogen-bond acceptors (Lipinski definition) is 1. The minimum Gasteiger partial charge on any atom is -0.366 e. The Bertz CT molecular complexity index is 761. The van der Waals surface area contributed by atoms with Gasteiger partial charge in [-0.2, -0.15) is 0 Å². The molecule has 0 saturated heterocycles. The molecular weight excluding hydrogens is 266 g/mol. The van der Waals surface area contributed by atoms with Crippen molar-refractivity contribution in [2.24, 2.45) is 0 Å². The van der Waals surface area contributed by atoms with Crippen molar-refractivity contribution < 1.29 is 0 Å². The normalized spacial score (nSPS) is 10.4. The summed E-state index contributed by atoms with van der Waals surface area (Å²) in [6, 6.07) is 16.6. The van der Waals surface area contributed by atoms with Gasteiger partial charge in [0.05, 0.1) is 0 Å². The van der Waals surface area contributed by atoms with Crippen LogP contribution in [0.2, 0.25) is 0 Å². The van der Waals surface area contributed by atoms with Crippen LogP contribution in [0.4, 0.5) is 5.69 Å². The molecule has 0 bridgehead atoms. The Balaban J connectivity index is 2.04. The molecule has 0 atom stereocenters. The Kier molecular flexibility index (Phi) is 3.39. The fourth-order valence-electron chi connectivity index (χ4n) is 2.30. The summed E-state index contributed by atoms with van der Waals surface area (Å²) in [6.45, 7) is 0. The zero-order valence-electron chi connectivity index (χ0n) is 11.1. The monoisotopic (exact) mass is 281 g/mol. The van der Waals surface area contributed by atoms with Crippen LogP contribution in [-0.4, -0.2) is 17.1 Å². The Morgan fingerprint density at radius 2 is 1.95 bits per heavy atom. The van der Waals surface area contributed by atoms with E-state index < -0.39 is 0 Å². The van der Waals surface area contributed by atoms with Gasteiger partial charge >= 0.3 is 0 Å². The summed E-state index contributed by atoms with van der Waals surface area (Å²) in [5, 5.41) is 7.91. The van der Waals surface area contributed by atoms with E-state index >= 15 is 0 Å². The molecule has 0 spiro atoms. The number of hydrogen-bond donors (Lipinski definition) is 3. The van der Waals surface area contributed by atoms with Crippen molar-refractivity contribution in [3.05, 3.63) is 54.7 Å². The second kappa shape index (κ2) is 5.35. The van der Waals surface area contributed by atoms with Crippen LogP contribution in [0, 0.1) is 0 Å². The van der Waals surface area contributed by atoms with Gasteiger partial charge in [-0.3, -0.25) is 0 Å². The van der Waals surface area contributed by atoms with Crippen LogP contribution in [0.1, 0.15) is 0 Å². The molecule has 0 amide bonds. The second-order valence-corrected chi connectivity index (χ2v) is 4.94. The van der Waals surface area contributed by atoms with Crippen LogP contribution < -0.4 is 10.6 Å². The molecule has 3 aromatic rings. The maximum Gasteiger partial charge on any atom is 0.170 e. The first-order valence-electron chi connectivity index (χ1n) is 6.43. The molecule has 0 radical (unpaired) electrons. The smallest absolute Gasteiger partial charge is 0.170 e. The molecule has 4 heteroatoms. The van der Waals surface area contributed by atoms with Gasteiger partial charge < -0.3 is 15.6 Å². The van der Waals surface area contributed by atoms with Crippen LogP contribution in [0.15, 0.2) is 54.7 Å². The third-order valence-corrected chi connectivity index (χ3v) is 3.56. The molecule has 0 saturated carbocycles. The number of anilines is 1. The van der Waals surface area contributed by atoms with Gasteiger partial charge in [0.1, 0.15) is 0 Å². The van der Waals surface area contributed by atoms with Gasteiger partial charge in [0, 0.05) is 29.8 Å². The fraction of sp³-hybridized carbons (Fsp3) is 0.0625. The standard InChI is InChI=1S/C16H15N3S/c1-17-16(20)19-12-5-2-4-11(10-12)13-6-3-7-15-14(13)8-9-18-15/h2-10,18H,1H3,(H2,17,19,20). The summed E-state index contributed by atoms with van der Waals surface area (Å²) < 4.78 is 0. The van der Waals surface area contributed by atoms with E-state index in [0.717, 1.165) is 11.2 Å². The minimum atomic E-state index is 0.613. The van der Waals surface area contributed by atoms with E-state index in [2.05, 4.69) is 52.0 Å². The third-order valence-electron chi connectivity index (χ3n) is 3.25. The van der Waals surface area contributed by atoms with E-state index in [4.69, 9.17) is 12.2 Å². The summed E-state index contributed by atoms with van der Waals surface area (Å²) in [5.74, 6) is 0. The molecular formula is C16H15N3S. The Labute approximate surface area is 123 Å². The van der Waals surface area contributed by atoms with Gasteiger partial charge in [-0.25, -0.2) is 0 Å². The van der Waals surface area contributed by atoms with Crippen molar-refractivity contribution in [2.45, 2.75) is 0 Å². The first-order valence-corrected chi connectivity index (χ1v) is 6.84. The molecule has 0 unspecified atom stereocenters. The predicted octanol–water partition coefficient (Wildman–Crippen LogP) is 3.75. The van der Waals surface area contributed by atoms with Crippen LogP contribution in [0.5, 0.6) is 0 Å². The van der Waals surface area contributed by atoms with Crippen LogP contribution in [0.25, 0.3) is 22.0 Å². The third kappa shape index (κ3) is 2.38. The maximum atomic E-state index is 5.13. The number of fused-ring (bicyclic) bond motifs is 1. The molecule has 2 aromatic carbocycles. The molecule has 3 N–H and O–H groups in total. The summed E-state index contributed by atoms with van der Waals surface area (Å²) in [6.07, 6.45) is 1.96. The quantitative estimate of drug-likeness (QED) is 0.626. The van der Waals surface area contributed by atoms with E-state index in [9.17, 15) is 0 Å². The first-order chi connectivity index (χ1) is 9.78. The zero-order valence-corrected chi connectivity index (χ0v) is 11.9. The Hall–Kier alpha value is -2.33. The summed E-state index contributed by atoms with van der Waals surface area (Å²) >= 11 is 5.13. The molecule has 0 fully saturated rings. The number of aromatic amines is 1. The summed E-state index contributed by atoms with van der Waals surface area (Å²) in [7, 11) is 1.81. The lowest BCUT2D eigenvalue weighted by molar-refractivity contribution is 1.20. The van der Waals surface area contributed by atoms with Gasteiger partial charge in [-0.1, -0.05) is 24.3 Å². The van der Waals surface area contributed by atoms with Gasteiger partial charge in [0.2, 0.25) is 0 Å². The molecule has 0 aliphatic carbocycles. The number of nitrogens with one attached hydrogen (secondary N) is 3. The van der Waals surface area contributed by atoms with Crippen molar-refractivity contribution in [2.75, 3.05) is 12.4 Å². The van der Waals surface area contributed by atoms with Crippen molar-refractivity contribution in [1.82, 2.24) is 10.3 Å². The highest BCUT2D eigenvalue weighted by Crippen LogP contribution is 2.29. The van der Waals surface area contributed by atoms with Crippen molar-refractivity contribution in [3.63, 3.8) is 0 Å². The molecule has 0 aliphatic heterocycles. The molecule has 3 rings (SSSR count). The highest BCUT2D eigenvalue weighted by atomic mass is 32.1. The van der Waals surface area contributed by atoms with Crippen molar-refractivity contribution >= 4 is 33.9 Å². The Morgan fingerprint density at radius 1 is 1.10 bits per heavy atom. The van der Waals surface area contributed by atoms with E-state index in [1.54, 1.807) is 7.05 Å². The number of rotatable bonds is 2. The molecule has 3 nitrogen and oxygen atoms in total. The van der Waals surface area contributed by atoms with Gasteiger partial charge in [-0.15, -0.1) is 0 Å². The lowest BCUT2D eigenvalue weighted by atomic mass is 10.0. The van der Waals surface area contributed by atoms with E-state index in [0.29, 0.717) is 5.11 Å². The van der Waals surface area contributed by atoms with E-state index in [-0.39, 0.29) is 0 Å². The van der Waals surface area contributed by atoms with E-state index in [1.807, 2.05) is 18.3 Å².